The summed E-state index contributed by atoms with van der Waals surface area (Å²) in [6, 6.07) is 0. The van der Waals surface area contributed by atoms with Gasteiger partial charge in [-0.1, -0.05) is 34.6 Å². The summed E-state index contributed by atoms with van der Waals surface area (Å²) < 4.78 is 32.3. The van der Waals surface area contributed by atoms with Gasteiger partial charge >= 0.3 is 0 Å². The Labute approximate surface area is 132 Å². The van der Waals surface area contributed by atoms with E-state index >= 15 is 0 Å². The van der Waals surface area contributed by atoms with Crippen LogP contribution >= 0.6 is 0 Å². The van der Waals surface area contributed by atoms with Crippen LogP contribution in [0.5, 0.6) is 0 Å². The Kier molecular flexibility index (Phi) is 6.92. The first-order chi connectivity index (χ1) is 9.04. The van der Waals surface area contributed by atoms with Gasteiger partial charge in [-0.2, -0.15) is 0 Å². The van der Waals surface area contributed by atoms with E-state index in [4.69, 9.17) is 8.92 Å². The lowest BCUT2D eigenvalue weighted by Gasteiger charge is -2.42. The molecule has 0 aromatic carbocycles. The lowest BCUT2D eigenvalue weighted by atomic mass is 9.80. The van der Waals surface area contributed by atoms with Crippen LogP contribution < -0.4 is 0 Å². The average molecular weight is 323 g/mol. The van der Waals surface area contributed by atoms with Gasteiger partial charge in [0.05, 0.1) is 17.8 Å². The second-order valence-electron chi connectivity index (χ2n) is 9.20. The van der Waals surface area contributed by atoms with Gasteiger partial charge < -0.3 is 4.74 Å². The molecule has 0 atom stereocenters. The minimum Gasteiger partial charge on any atom is -0.370 e. The average Bonchev–Trinajstić information content (AvgIpc) is 2.05. The summed E-state index contributed by atoms with van der Waals surface area (Å²) >= 11 is 0. The fourth-order valence-electron chi connectivity index (χ4n) is 3.53. The highest BCUT2D eigenvalue weighted by molar-refractivity contribution is 7.67. The molecule has 0 fully saturated rings. The van der Waals surface area contributed by atoms with Crippen molar-refractivity contribution in [1.82, 2.24) is 0 Å². The molecule has 0 aliphatic carbocycles. The van der Waals surface area contributed by atoms with Crippen LogP contribution in [0, 0.1) is 10.8 Å². The molecule has 0 saturated carbocycles. The molecule has 0 radical (unpaired) electrons. The van der Waals surface area contributed by atoms with Crippen LogP contribution in [0.4, 0.5) is 0 Å². The van der Waals surface area contributed by atoms with Crippen LogP contribution in [0.25, 0.3) is 0 Å². The highest BCUT2D eigenvalue weighted by Crippen LogP contribution is 2.37. The first-order valence-corrected chi connectivity index (χ1v) is 8.61. The summed E-state index contributed by atoms with van der Waals surface area (Å²) in [5, 5.41) is 0. The maximum Gasteiger partial charge on any atom is 0.257 e. The highest BCUT2D eigenvalue weighted by Gasteiger charge is 2.36. The normalized spacial score (nSPS) is 14.8. The molecule has 21 heavy (non-hydrogen) atoms. The van der Waals surface area contributed by atoms with E-state index in [0.29, 0.717) is 0 Å². The van der Waals surface area contributed by atoms with E-state index < -0.39 is 11.0 Å². The van der Waals surface area contributed by atoms with Gasteiger partial charge in [-0.05, 0) is 51.4 Å². The predicted molar refractivity (Wildman–Crippen MR) is 88.0 cm³/mol. The Morgan fingerprint density at radius 1 is 0.762 bits per heavy atom. The summed E-state index contributed by atoms with van der Waals surface area (Å²) in [7, 11) is -2.79. The van der Waals surface area contributed by atoms with E-state index in [1.807, 2.05) is 13.8 Å². The third-order valence-electron chi connectivity index (χ3n) is 2.97. The maximum absolute atomic E-state index is 10.6. The monoisotopic (exact) mass is 322 g/mol. The third kappa shape index (κ3) is 11.1. The van der Waals surface area contributed by atoms with Gasteiger partial charge in [0.1, 0.15) is 0 Å². The molecule has 0 aromatic rings. The quantitative estimate of drug-likeness (QED) is 0.687. The van der Waals surface area contributed by atoms with Crippen LogP contribution in [0.1, 0.15) is 75.2 Å². The third-order valence-corrected chi connectivity index (χ3v) is 3.31. The number of rotatable bonds is 8. The molecule has 0 aliphatic heterocycles. The number of hydrogen-bond acceptors (Lipinski definition) is 4. The van der Waals surface area contributed by atoms with Gasteiger partial charge in [0.15, 0.2) is 0 Å². The minimum atomic E-state index is -2.79. The summed E-state index contributed by atoms with van der Waals surface area (Å²) in [5.74, 6) is 0. The highest BCUT2D eigenvalue weighted by atomic mass is 32.2. The van der Waals surface area contributed by atoms with Gasteiger partial charge in [-0.15, -0.1) is 0 Å². The van der Waals surface area contributed by atoms with Crippen molar-refractivity contribution in [1.29, 1.82) is 0 Å². The molecule has 0 saturated heterocycles. The van der Waals surface area contributed by atoms with Crippen molar-refractivity contribution < 1.29 is 17.3 Å². The lowest BCUT2D eigenvalue weighted by molar-refractivity contribution is -0.152. The van der Waals surface area contributed by atoms with E-state index in [0.717, 1.165) is 12.8 Å². The van der Waals surface area contributed by atoms with Crippen molar-refractivity contribution in [3.05, 3.63) is 0 Å². The molecule has 0 aliphatic rings. The second-order valence-corrected chi connectivity index (χ2v) is 9.90. The van der Waals surface area contributed by atoms with Crippen LogP contribution in [0.2, 0.25) is 0 Å². The van der Waals surface area contributed by atoms with Gasteiger partial charge in [-0.3, -0.25) is 4.18 Å². The molecular formula is C16H34O4S. The first kappa shape index (κ1) is 20.9. The summed E-state index contributed by atoms with van der Waals surface area (Å²) in [5.41, 5.74) is -0.658. The first-order valence-electron chi connectivity index (χ1n) is 7.51. The van der Waals surface area contributed by atoms with Crippen molar-refractivity contribution in [2.75, 3.05) is 6.61 Å². The van der Waals surface area contributed by atoms with Crippen LogP contribution in [-0.4, -0.2) is 26.2 Å². The zero-order chi connectivity index (χ0) is 17.1. The van der Waals surface area contributed by atoms with Crippen molar-refractivity contribution in [3.8, 4) is 0 Å². The molecule has 128 valence electrons. The Hall–Kier alpha value is -0.130. The second kappa shape index (κ2) is 6.97. The van der Waals surface area contributed by atoms with E-state index in [1.54, 1.807) is 0 Å². The zero-order valence-corrected chi connectivity index (χ0v) is 16.1. The summed E-state index contributed by atoms with van der Waals surface area (Å²) in [6.07, 6.45) is 1.67. The molecule has 4 nitrogen and oxygen atoms in total. The van der Waals surface area contributed by atoms with Gasteiger partial charge in [0.25, 0.3) is 11.0 Å². The van der Waals surface area contributed by atoms with Crippen molar-refractivity contribution in [2.24, 2.45) is 10.8 Å². The molecule has 5 heteroatoms. The maximum atomic E-state index is 10.6. The van der Waals surface area contributed by atoms with E-state index in [1.165, 1.54) is 0 Å². The zero-order valence-electron chi connectivity index (χ0n) is 15.2. The number of hydrogen-bond donors (Lipinski definition) is 1. The lowest BCUT2D eigenvalue weighted by Crippen LogP contribution is -2.42. The molecule has 0 bridgehead atoms. The Morgan fingerprint density at radius 3 is 1.57 bits per heavy atom. The molecule has 0 N–H and O–H groups in total. The number of thiol groups is 1. The topological polar surface area (TPSA) is 52.6 Å². The molecule has 0 spiro atoms. The van der Waals surface area contributed by atoms with Gasteiger partial charge in [0, 0.05) is 0 Å². The van der Waals surface area contributed by atoms with Crippen molar-refractivity contribution in [2.45, 2.75) is 86.4 Å². The standard InChI is InChI=1S/C16H34O4S/c1-13(2,3)10-15(6,7)20-16(8,9)11-14(4,5)12-19-21(17)18/h21H,10-12H2,1-9H3. The van der Waals surface area contributed by atoms with Crippen LogP contribution in [0.15, 0.2) is 0 Å². The molecule has 0 amide bonds. The molecule has 0 rings (SSSR count). The molecule has 0 aromatic heterocycles. The molecule has 0 heterocycles. The SMILES string of the molecule is CC(C)(C)CC(C)(C)OC(C)(C)CC(C)(C)CO[SH](=O)=O. The fourth-order valence-corrected chi connectivity index (χ4v) is 3.98. The van der Waals surface area contributed by atoms with E-state index in [2.05, 4.69) is 48.5 Å². The van der Waals surface area contributed by atoms with Crippen molar-refractivity contribution >= 4 is 11.0 Å². The Morgan fingerprint density at radius 2 is 1.19 bits per heavy atom. The molecular weight excluding hydrogens is 288 g/mol. The number of ether oxygens (including phenoxy) is 1. The minimum absolute atomic E-state index is 0.179. The van der Waals surface area contributed by atoms with E-state index in [9.17, 15) is 8.42 Å². The van der Waals surface area contributed by atoms with Crippen LogP contribution in [0.3, 0.4) is 0 Å². The largest absolute Gasteiger partial charge is 0.370 e. The van der Waals surface area contributed by atoms with Gasteiger partial charge in [0.2, 0.25) is 0 Å². The summed E-state index contributed by atoms with van der Waals surface area (Å²) in [6.45, 7) is 19.1. The van der Waals surface area contributed by atoms with Gasteiger partial charge in [-0.25, -0.2) is 8.42 Å². The Bertz CT molecular complexity index is 393. The molecule has 0 unspecified atom stereocenters. The van der Waals surface area contributed by atoms with Crippen molar-refractivity contribution in [3.63, 3.8) is 0 Å². The summed E-state index contributed by atoms with van der Waals surface area (Å²) in [4.78, 5) is 0. The smallest absolute Gasteiger partial charge is 0.257 e. The Balaban J connectivity index is 4.74. The fraction of sp³-hybridized carbons (Fsp3) is 1.00. The van der Waals surface area contributed by atoms with E-state index in [-0.39, 0.29) is 28.6 Å². The predicted octanol–water partition coefficient (Wildman–Crippen LogP) is 3.96. The van der Waals surface area contributed by atoms with Crippen LogP contribution in [-0.2, 0) is 19.9 Å².